The molecule has 0 saturated heterocycles. The van der Waals surface area contributed by atoms with Gasteiger partial charge in [-0.25, -0.2) is 0 Å². The number of likely N-dealkylation sites (N-methyl/N-ethyl adjacent to an activating group) is 1. The summed E-state index contributed by atoms with van der Waals surface area (Å²) in [7, 11) is 1.98. The van der Waals surface area contributed by atoms with Crippen LogP contribution >= 0.6 is 22.6 Å². The highest BCUT2D eigenvalue weighted by molar-refractivity contribution is 14.1. The molecule has 1 N–H and O–H groups in total. The quantitative estimate of drug-likeness (QED) is 0.866. The van der Waals surface area contributed by atoms with Gasteiger partial charge in [0.05, 0.1) is 11.7 Å². The third kappa shape index (κ3) is 3.51. The predicted molar refractivity (Wildman–Crippen MR) is 78.9 cm³/mol. The summed E-state index contributed by atoms with van der Waals surface area (Å²) >= 11 is 2.32. The summed E-state index contributed by atoms with van der Waals surface area (Å²) in [6.07, 6.45) is 2.80. The summed E-state index contributed by atoms with van der Waals surface area (Å²) in [6, 6.07) is 14.9. The Morgan fingerprint density at radius 1 is 1.18 bits per heavy atom. The van der Waals surface area contributed by atoms with Gasteiger partial charge >= 0.3 is 0 Å². The van der Waals surface area contributed by atoms with Crippen molar-refractivity contribution in [3.8, 4) is 0 Å². The number of hydrogen-bond acceptors (Lipinski definition) is 2. The molecule has 2 nitrogen and oxygen atoms in total. The van der Waals surface area contributed by atoms with Crippen LogP contribution < -0.4 is 5.32 Å². The molecule has 17 heavy (non-hydrogen) atoms. The second kappa shape index (κ2) is 6.12. The molecule has 0 amide bonds. The van der Waals surface area contributed by atoms with E-state index in [9.17, 15) is 0 Å². The Morgan fingerprint density at radius 3 is 2.53 bits per heavy atom. The Kier molecular flexibility index (Phi) is 4.50. The minimum absolute atomic E-state index is 0.274. The monoisotopic (exact) mass is 338 g/mol. The van der Waals surface area contributed by atoms with Crippen molar-refractivity contribution in [1.29, 1.82) is 0 Å². The minimum Gasteiger partial charge on any atom is -0.311 e. The first-order chi connectivity index (χ1) is 8.29. The van der Waals surface area contributed by atoms with E-state index in [-0.39, 0.29) is 6.04 Å². The SMILES string of the molecule is CNC(Cc1ccc(I)cc1)c1ccccn1. The first-order valence-corrected chi connectivity index (χ1v) is 6.70. The molecule has 2 aromatic rings. The Balaban J connectivity index is 2.13. The Labute approximate surface area is 116 Å². The van der Waals surface area contributed by atoms with E-state index in [1.807, 2.05) is 25.4 Å². The summed E-state index contributed by atoms with van der Waals surface area (Å²) in [5.41, 5.74) is 2.42. The van der Waals surface area contributed by atoms with E-state index in [1.54, 1.807) is 0 Å². The molecule has 0 bridgehead atoms. The molecule has 1 aromatic heterocycles. The van der Waals surface area contributed by atoms with Crippen molar-refractivity contribution < 1.29 is 0 Å². The van der Waals surface area contributed by atoms with Gasteiger partial charge in [0.2, 0.25) is 0 Å². The van der Waals surface area contributed by atoms with Crippen LogP contribution in [0.1, 0.15) is 17.3 Å². The zero-order valence-corrected chi connectivity index (χ0v) is 11.9. The van der Waals surface area contributed by atoms with E-state index in [4.69, 9.17) is 0 Å². The summed E-state index contributed by atoms with van der Waals surface area (Å²) < 4.78 is 1.27. The summed E-state index contributed by atoms with van der Waals surface area (Å²) in [5.74, 6) is 0. The number of aromatic nitrogens is 1. The maximum atomic E-state index is 4.40. The number of benzene rings is 1. The maximum absolute atomic E-state index is 4.40. The van der Waals surface area contributed by atoms with Gasteiger partial charge in [0, 0.05) is 9.77 Å². The molecule has 0 aliphatic rings. The predicted octanol–water partition coefficient (Wildman–Crippen LogP) is 3.19. The van der Waals surface area contributed by atoms with Crippen LogP contribution in [0.25, 0.3) is 0 Å². The Hall–Kier alpha value is -0.940. The lowest BCUT2D eigenvalue weighted by molar-refractivity contribution is 0.576. The molecule has 1 unspecified atom stereocenters. The van der Waals surface area contributed by atoms with Gasteiger partial charge in [-0.05, 0) is 65.9 Å². The van der Waals surface area contributed by atoms with Crippen molar-refractivity contribution in [3.05, 3.63) is 63.5 Å². The van der Waals surface area contributed by atoms with Crippen molar-refractivity contribution in [1.82, 2.24) is 10.3 Å². The molecular formula is C14H15IN2. The number of hydrogen-bond donors (Lipinski definition) is 1. The fourth-order valence-corrected chi connectivity index (χ4v) is 2.15. The zero-order valence-electron chi connectivity index (χ0n) is 9.73. The van der Waals surface area contributed by atoms with Gasteiger partial charge in [-0.15, -0.1) is 0 Å². The van der Waals surface area contributed by atoms with Crippen molar-refractivity contribution in [2.45, 2.75) is 12.5 Å². The van der Waals surface area contributed by atoms with E-state index >= 15 is 0 Å². The second-order valence-electron chi connectivity index (χ2n) is 3.93. The van der Waals surface area contributed by atoms with Crippen molar-refractivity contribution >= 4 is 22.6 Å². The second-order valence-corrected chi connectivity index (χ2v) is 5.17. The van der Waals surface area contributed by atoms with Gasteiger partial charge in [0.1, 0.15) is 0 Å². The number of nitrogens with one attached hydrogen (secondary N) is 1. The molecule has 0 aliphatic carbocycles. The standard InChI is InChI=1S/C14H15IN2/c1-16-14(13-4-2-3-9-17-13)10-11-5-7-12(15)8-6-11/h2-9,14,16H,10H2,1H3. The van der Waals surface area contributed by atoms with Gasteiger partial charge in [0.15, 0.2) is 0 Å². The van der Waals surface area contributed by atoms with E-state index in [0.29, 0.717) is 0 Å². The van der Waals surface area contributed by atoms with Crippen molar-refractivity contribution in [2.75, 3.05) is 7.05 Å². The van der Waals surface area contributed by atoms with Gasteiger partial charge in [-0.2, -0.15) is 0 Å². The molecule has 88 valence electrons. The lowest BCUT2D eigenvalue weighted by atomic mass is 10.0. The first kappa shape index (κ1) is 12.5. The molecule has 1 atom stereocenters. The summed E-state index contributed by atoms with van der Waals surface area (Å²) in [6.45, 7) is 0. The molecule has 0 aliphatic heterocycles. The molecule has 2 rings (SSSR count). The van der Waals surface area contributed by atoms with Crippen LogP contribution in [0.3, 0.4) is 0 Å². The highest BCUT2D eigenvalue weighted by Crippen LogP contribution is 2.16. The number of pyridine rings is 1. The van der Waals surface area contributed by atoms with Crippen LogP contribution in [0.15, 0.2) is 48.7 Å². The normalized spacial score (nSPS) is 12.4. The topological polar surface area (TPSA) is 24.9 Å². The van der Waals surface area contributed by atoms with Crippen LogP contribution in [-0.4, -0.2) is 12.0 Å². The van der Waals surface area contributed by atoms with Crippen molar-refractivity contribution in [3.63, 3.8) is 0 Å². The fraction of sp³-hybridized carbons (Fsp3) is 0.214. The third-order valence-corrected chi connectivity index (χ3v) is 3.47. The van der Waals surface area contributed by atoms with Crippen LogP contribution in [-0.2, 0) is 6.42 Å². The maximum Gasteiger partial charge on any atom is 0.0576 e. The van der Waals surface area contributed by atoms with Gasteiger partial charge in [0.25, 0.3) is 0 Å². The lowest BCUT2D eigenvalue weighted by Gasteiger charge is -2.15. The van der Waals surface area contributed by atoms with E-state index in [2.05, 4.69) is 63.2 Å². The zero-order chi connectivity index (χ0) is 12.1. The molecule has 0 saturated carbocycles. The van der Waals surface area contributed by atoms with Gasteiger partial charge < -0.3 is 5.32 Å². The molecule has 1 heterocycles. The third-order valence-electron chi connectivity index (χ3n) is 2.75. The van der Waals surface area contributed by atoms with E-state index in [0.717, 1.165) is 12.1 Å². The number of halogens is 1. The first-order valence-electron chi connectivity index (χ1n) is 5.62. The average molecular weight is 338 g/mol. The smallest absolute Gasteiger partial charge is 0.0576 e. The van der Waals surface area contributed by atoms with Crippen LogP contribution in [0, 0.1) is 3.57 Å². The Morgan fingerprint density at radius 2 is 1.94 bits per heavy atom. The molecule has 0 radical (unpaired) electrons. The Bertz CT molecular complexity index is 453. The molecule has 1 aromatic carbocycles. The van der Waals surface area contributed by atoms with E-state index in [1.165, 1.54) is 9.13 Å². The van der Waals surface area contributed by atoms with Crippen LogP contribution in [0.5, 0.6) is 0 Å². The summed E-state index contributed by atoms with van der Waals surface area (Å²) in [5, 5.41) is 3.32. The molecule has 0 spiro atoms. The molecular weight excluding hydrogens is 323 g/mol. The average Bonchev–Trinajstić information content (AvgIpc) is 2.39. The van der Waals surface area contributed by atoms with E-state index < -0.39 is 0 Å². The highest BCUT2D eigenvalue weighted by Gasteiger charge is 2.10. The van der Waals surface area contributed by atoms with Crippen LogP contribution in [0.2, 0.25) is 0 Å². The van der Waals surface area contributed by atoms with Gasteiger partial charge in [-0.3, -0.25) is 4.98 Å². The van der Waals surface area contributed by atoms with Crippen LogP contribution in [0.4, 0.5) is 0 Å². The number of rotatable bonds is 4. The largest absolute Gasteiger partial charge is 0.311 e. The van der Waals surface area contributed by atoms with Gasteiger partial charge in [-0.1, -0.05) is 18.2 Å². The number of nitrogens with zero attached hydrogens (tertiary/aromatic N) is 1. The molecule has 0 fully saturated rings. The minimum atomic E-state index is 0.274. The highest BCUT2D eigenvalue weighted by atomic mass is 127. The molecule has 3 heteroatoms. The van der Waals surface area contributed by atoms with Crippen molar-refractivity contribution in [2.24, 2.45) is 0 Å². The lowest BCUT2D eigenvalue weighted by Crippen LogP contribution is -2.19. The fourth-order valence-electron chi connectivity index (χ4n) is 1.79. The summed E-state index contributed by atoms with van der Waals surface area (Å²) in [4.78, 5) is 4.40.